The third kappa shape index (κ3) is 3.99. The molecular formula is C17H23N3O4S2. The summed E-state index contributed by atoms with van der Waals surface area (Å²) in [5.41, 5.74) is 0.594. The lowest BCUT2D eigenvalue weighted by Crippen LogP contribution is -2.41. The van der Waals surface area contributed by atoms with Crippen LogP contribution in [0.2, 0.25) is 0 Å². The smallest absolute Gasteiger partial charge is 0.289 e. The van der Waals surface area contributed by atoms with Gasteiger partial charge in [0.25, 0.3) is 15.9 Å². The van der Waals surface area contributed by atoms with E-state index in [0.29, 0.717) is 41.8 Å². The summed E-state index contributed by atoms with van der Waals surface area (Å²) < 4.78 is 32.4. The molecule has 1 fully saturated rings. The summed E-state index contributed by atoms with van der Waals surface area (Å²) in [7, 11) is -3.38. The molecule has 3 heterocycles. The number of sulfonamides is 1. The Balaban J connectivity index is 1.51. The van der Waals surface area contributed by atoms with Crippen LogP contribution in [0.1, 0.15) is 41.9 Å². The van der Waals surface area contributed by atoms with Gasteiger partial charge in [0.2, 0.25) is 5.76 Å². The zero-order valence-electron chi connectivity index (χ0n) is 14.9. The summed E-state index contributed by atoms with van der Waals surface area (Å²) in [6.45, 7) is 5.13. The molecule has 26 heavy (non-hydrogen) atoms. The molecule has 0 aromatic carbocycles. The minimum Gasteiger partial charge on any atom is -0.435 e. The van der Waals surface area contributed by atoms with E-state index in [-0.39, 0.29) is 17.6 Å². The van der Waals surface area contributed by atoms with E-state index in [2.05, 4.69) is 10.3 Å². The largest absolute Gasteiger partial charge is 0.435 e. The molecule has 0 bridgehead atoms. The summed E-state index contributed by atoms with van der Waals surface area (Å²) in [6, 6.07) is 3.38. The van der Waals surface area contributed by atoms with Crippen molar-refractivity contribution in [3.8, 4) is 0 Å². The molecule has 1 N–H and O–H groups in total. The number of thiophene rings is 1. The highest BCUT2D eigenvalue weighted by molar-refractivity contribution is 7.91. The second-order valence-corrected chi connectivity index (χ2v) is 9.48. The Morgan fingerprint density at radius 1 is 1.42 bits per heavy atom. The number of hydrogen-bond donors (Lipinski definition) is 1. The Labute approximate surface area is 157 Å². The van der Waals surface area contributed by atoms with Gasteiger partial charge >= 0.3 is 0 Å². The minimum absolute atomic E-state index is 0.252. The monoisotopic (exact) mass is 397 g/mol. The fourth-order valence-corrected chi connectivity index (χ4v) is 5.64. The molecule has 0 spiro atoms. The number of amides is 1. The number of aryl methyl sites for hydroxylation is 2. The Morgan fingerprint density at radius 2 is 2.15 bits per heavy atom. The fraction of sp³-hybridized carbons (Fsp3) is 0.529. The molecule has 2 aromatic rings. The van der Waals surface area contributed by atoms with Gasteiger partial charge in [0.15, 0.2) is 5.89 Å². The fourth-order valence-electron chi connectivity index (χ4n) is 3.02. The van der Waals surface area contributed by atoms with Gasteiger partial charge in [-0.05, 0) is 37.1 Å². The van der Waals surface area contributed by atoms with Crippen molar-refractivity contribution in [1.82, 2.24) is 14.6 Å². The van der Waals surface area contributed by atoms with Gasteiger partial charge < -0.3 is 9.73 Å². The highest BCUT2D eigenvalue weighted by Crippen LogP contribution is 2.26. The average Bonchev–Trinajstić information content (AvgIpc) is 3.30. The van der Waals surface area contributed by atoms with E-state index in [1.54, 1.807) is 24.4 Å². The van der Waals surface area contributed by atoms with E-state index in [9.17, 15) is 13.2 Å². The van der Waals surface area contributed by atoms with E-state index in [4.69, 9.17) is 4.42 Å². The lowest BCUT2D eigenvalue weighted by atomic mass is 9.98. The summed E-state index contributed by atoms with van der Waals surface area (Å²) >= 11 is 1.24. The number of carbonyl (C=O) groups is 1. The molecule has 2 aromatic heterocycles. The van der Waals surface area contributed by atoms with Crippen molar-refractivity contribution in [3.63, 3.8) is 0 Å². The van der Waals surface area contributed by atoms with Gasteiger partial charge in [0.05, 0.1) is 5.69 Å². The number of nitrogens with zero attached hydrogens (tertiary/aromatic N) is 2. The highest BCUT2D eigenvalue weighted by atomic mass is 32.2. The molecule has 0 atom stereocenters. The number of hydrogen-bond acceptors (Lipinski definition) is 6. The predicted octanol–water partition coefficient (Wildman–Crippen LogP) is 2.44. The van der Waals surface area contributed by atoms with E-state index in [1.807, 2.05) is 6.92 Å². The van der Waals surface area contributed by atoms with Gasteiger partial charge in [-0.3, -0.25) is 4.79 Å². The quantitative estimate of drug-likeness (QED) is 0.808. The van der Waals surface area contributed by atoms with E-state index in [0.717, 1.165) is 12.8 Å². The second kappa shape index (κ2) is 7.89. The first kappa shape index (κ1) is 19.1. The summed E-state index contributed by atoms with van der Waals surface area (Å²) in [5, 5.41) is 4.66. The van der Waals surface area contributed by atoms with Crippen molar-refractivity contribution in [2.45, 2.75) is 37.3 Å². The van der Waals surface area contributed by atoms with E-state index in [1.165, 1.54) is 15.6 Å². The van der Waals surface area contributed by atoms with Crippen molar-refractivity contribution in [3.05, 3.63) is 34.9 Å². The molecule has 9 heteroatoms. The van der Waals surface area contributed by atoms with Crippen molar-refractivity contribution in [2.75, 3.05) is 19.6 Å². The Bertz CT molecular complexity index is 851. The van der Waals surface area contributed by atoms with Gasteiger partial charge in [0.1, 0.15) is 4.21 Å². The molecule has 1 aliphatic rings. The van der Waals surface area contributed by atoms with Gasteiger partial charge in [-0.15, -0.1) is 11.3 Å². The molecule has 0 radical (unpaired) electrons. The van der Waals surface area contributed by atoms with Crippen molar-refractivity contribution >= 4 is 27.3 Å². The number of aromatic nitrogens is 1. The second-order valence-electron chi connectivity index (χ2n) is 6.37. The molecule has 1 saturated heterocycles. The van der Waals surface area contributed by atoms with Crippen LogP contribution in [0.15, 0.2) is 26.1 Å². The molecule has 0 aliphatic carbocycles. The van der Waals surface area contributed by atoms with Crippen LogP contribution in [0.4, 0.5) is 0 Å². The third-order valence-electron chi connectivity index (χ3n) is 4.56. The molecule has 0 unspecified atom stereocenters. The Kier molecular flexibility index (Phi) is 5.79. The molecule has 142 valence electrons. The number of rotatable bonds is 6. The molecular weight excluding hydrogens is 374 g/mol. The third-order valence-corrected chi connectivity index (χ3v) is 7.84. The summed E-state index contributed by atoms with van der Waals surface area (Å²) in [5.74, 6) is 0.810. The Morgan fingerprint density at radius 3 is 2.73 bits per heavy atom. The zero-order valence-corrected chi connectivity index (χ0v) is 16.5. The van der Waals surface area contributed by atoms with Crippen molar-refractivity contribution in [1.29, 1.82) is 0 Å². The van der Waals surface area contributed by atoms with Crippen LogP contribution >= 0.6 is 11.3 Å². The molecule has 1 aliphatic heterocycles. The van der Waals surface area contributed by atoms with Crippen LogP contribution in [0.5, 0.6) is 0 Å². The van der Waals surface area contributed by atoms with Crippen LogP contribution in [0.3, 0.4) is 0 Å². The van der Waals surface area contributed by atoms with Crippen LogP contribution < -0.4 is 5.32 Å². The van der Waals surface area contributed by atoms with E-state index >= 15 is 0 Å². The lowest BCUT2D eigenvalue weighted by molar-refractivity contribution is 0.0911. The van der Waals surface area contributed by atoms with Crippen molar-refractivity contribution < 1.29 is 17.6 Å². The average molecular weight is 398 g/mol. The van der Waals surface area contributed by atoms with Crippen molar-refractivity contribution in [2.24, 2.45) is 5.92 Å². The molecule has 3 rings (SSSR count). The topological polar surface area (TPSA) is 92.5 Å². The predicted molar refractivity (Wildman–Crippen MR) is 98.8 cm³/mol. The van der Waals surface area contributed by atoms with Gasteiger partial charge in [-0.1, -0.05) is 13.0 Å². The summed E-state index contributed by atoms with van der Waals surface area (Å²) in [6.07, 6.45) is 2.09. The first-order valence-corrected chi connectivity index (χ1v) is 11.0. The normalized spacial score (nSPS) is 16.7. The number of piperidine rings is 1. The van der Waals surface area contributed by atoms with Crippen LogP contribution in [-0.2, 0) is 16.4 Å². The highest BCUT2D eigenvalue weighted by Gasteiger charge is 2.30. The summed E-state index contributed by atoms with van der Waals surface area (Å²) in [4.78, 5) is 16.5. The number of carbonyl (C=O) groups excluding carboxylic acids is 1. The minimum atomic E-state index is -3.38. The molecule has 0 saturated carbocycles. The van der Waals surface area contributed by atoms with Crippen LogP contribution in [0.25, 0.3) is 0 Å². The van der Waals surface area contributed by atoms with Gasteiger partial charge in [0, 0.05) is 26.1 Å². The standard InChI is InChI=1S/C17H23N3O4S2/c1-3-14-19-12(2)16(24-14)17(21)18-11-13-6-8-20(9-7-13)26(22,23)15-5-4-10-25-15/h4-5,10,13H,3,6-9,11H2,1-2H3,(H,18,21). The number of nitrogens with one attached hydrogen (secondary N) is 1. The lowest BCUT2D eigenvalue weighted by Gasteiger charge is -2.30. The maximum atomic E-state index is 12.5. The first-order chi connectivity index (χ1) is 12.4. The van der Waals surface area contributed by atoms with Crippen LogP contribution in [-0.4, -0.2) is 43.2 Å². The first-order valence-electron chi connectivity index (χ1n) is 8.70. The zero-order chi connectivity index (χ0) is 18.7. The van der Waals surface area contributed by atoms with E-state index < -0.39 is 10.0 Å². The Hall–Kier alpha value is -1.71. The maximum absolute atomic E-state index is 12.5. The van der Waals surface area contributed by atoms with Gasteiger partial charge in [-0.2, -0.15) is 4.31 Å². The number of oxazole rings is 1. The maximum Gasteiger partial charge on any atom is 0.289 e. The van der Waals surface area contributed by atoms with Crippen LogP contribution in [0, 0.1) is 12.8 Å². The van der Waals surface area contributed by atoms with Gasteiger partial charge in [-0.25, -0.2) is 13.4 Å². The molecule has 1 amide bonds. The molecule has 7 nitrogen and oxygen atoms in total. The SMILES string of the molecule is CCc1nc(C)c(C(=O)NCC2CCN(S(=O)(=O)c3cccs3)CC2)o1.